The van der Waals surface area contributed by atoms with E-state index in [4.69, 9.17) is 22.5 Å². The topological polar surface area (TPSA) is 98.2 Å². The molecule has 0 bridgehead atoms. The number of nitrogens with one attached hydrogen (secondary N) is 1. The normalized spacial score (nSPS) is 11.3. The fraction of sp³-hybridized carbons (Fsp3) is 0. The fourth-order valence-electron chi connectivity index (χ4n) is 1.57. The van der Waals surface area contributed by atoms with Crippen LogP contribution < -0.4 is 16.2 Å². The number of para-hydroxylation sites is 1. The Morgan fingerprint density at radius 1 is 1.20 bits per heavy atom. The number of nitrogens with two attached hydrogens (primary N) is 2. The molecule has 106 valence electrons. The van der Waals surface area contributed by atoms with Gasteiger partial charge in [0, 0.05) is 0 Å². The maximum atomic E-state index is 13.7. The highest BCUT2D eigenvalue weighted by atomic mass is 35.5. The molecule has 0 aromatic heterocycles. The third-order valence-electron chi connectivity index (χ3n) is 2.58. The van der Waals surface area contributed by atoms with Crippen LogP contribution >= 0.6 is 11.6 Å². The van der Waals surface area contributed by atoms with Gasteiger partial charge in [0.1, 0.15) is 5.82 Å². The van der Waals surface area contributed by atoms with Crippen molar-refractivity contribution >= 4 is 38.7 Å². The zero-order valence-corrected chi connectivity index (χ0v) is 11.7. The minimum Gasteiger partial charge on any atom is -0.397 e. The third-order valence-corrected chi connectivity index (χ3v) is 3.80. The Bertz CT molecular complexity index is 745. The van der Waals surface area contributed by atoms with Crippen LogP contribution in [0.25, 0.3) is 0 Å². The number of hydrogen-bond acceptors (Lipinski definition) is 4. The van der Waals surface area contributed by atoms with Crippen molar-refractivity contribution in [3.8, 4) is 0 Å². The first-order valence-corrected chi connectivity index (χ1v) is 7.35. The Morgan fingerprint density at radius 3 is 2.50 bits per heavy atom. The van der Waals surface area contributed by atoms with Crippen molar-refractivity contribution in [3.05, 3.63) is 47.2 Å². The Balaban J connectivity index is 2.49. The van der Waals surface area contributed by atoms with Crippen molar-refractivity contribution in [1.29, 1.82) is 0 Å². The monoisotopic (exact) mass is 315 g/mol. The van der Waals surface area contributed by atoms with E-state index in [9.17, 15) is 12.8 Å². The van der Waals surface area contributed by atoms with Gasteiger partial charge in [0.2, 0.25) is 10.0 Å². The standard InChI is InChI=1S/C12H11ClFN3O2S/c13-8-2-1-3-9(14)12(8)17-11-6-7(20(16,18)19)4-5-10(11)15/h1-6,17H,15H2,(H2,16,18,19). The smallest absolute Gasteiger partial charge is 0.238 e. The second kappa shape index (κ2) is 5.28. The van der Waals surface area contributed by atoms with Crippen LogP contribution in [0.3, 0.4) is 0 Å². The Hall–Kier alpha value is -1.83. The summed E-state index contributed by atoms with van der Waals surface area (Å²) in [5, 5.41) is 7.85. The number of primary sulfonamides is 1. The molecule has 0 aliphatic heterocycles. The van der Waals surface area contributed by atoms with E-state index in [0.29, 0.717) is 0 Å². The second-order valence-corrected chi connectivity index (χ2v) is 5.98. The summed E-state index contributed by atoms with van der Waals surface area (Å²) in [6, 6.07) is 8.00. The summed E-state index contributed by atoms with van der Waals surface area (Å²) in [6.45, 7) is 0. The van der Waals surface area contributed by atoms with Gasteiger partial charge >= 0.3 is 0 Å². The molecule has 0 aliphatic rings. The molecule has 0 spiro atoms. The van der Waals surface area contributed by atoms with Crippen LogP contribution in [-0.4, -0.2) is 8.42 Å². The van der Waals surface area contributed by atoms with Gasteiger partial charge in [-0.25, -0.2) is 17.9 Å². The van der Waals surface area contributed by atoms with E-state index in [-0.39, 0.29) is 27.0 Å². The highest BCUT2D eigenvalue weighted by Crippen LogP contribution is 2.31. The van der Waals surface area contributed by atoms with Gasteiger partial charge in [0.05, 0.1) is 27.0 Å². The molecule has 0 aliphatic carbocycles. The van der Waals surface area contributed by atoms with Crippen molar-refractivity contribution < 1.29 is 12.8 Å². The predicted molar refractivity (Wildman–Crippen MR) is 76.9 cm³/mol. The molecule has 0 fully saturated rings. The molecule has 2 rings (SSSR count). The van der Waals surface area contributed by atoms with Crippen LogP contribution in [0.5, 0.6) is 0 Å². The minimum atomic E-state index is -3.88. The van der Waals surface area contributed by atoms with Crippen molar-refractivity contribution in [3.63, 3.8) is 0 Å². The van der Waals surface area contributed by atoms with Crippen LogP contribution in [0.15, 0.2) is 41.3 Å². The highest BCUT2D eigenvalue weighted by molar-refractivity contribution is 7.89. The molecular weight excluding hydrogens is 305 g/mol. The van der Waals surface area contributed by atoms with E-state index in [1.807, 2.05) is 0 Å². The number of anilines is 3. The van der Waals surface area contributed by atoms with Gasteiger partial charge in [0.15, 0.2) is 0 Å². The van der Waals surface area contributed by atoms with Crippen molar-refractivity contribution in [1.82, 2.24) is 0 Å². The van der Waals surface area contributed by atoms with Crippen LogP contribution in [0, 0.1) is 5.82 Å². The van der Waals surface area contributed by atoms with Gasteiger partial charge in [0.25, 0.3) is 0 Å². The van der Waals surface area contributed by atoms with Gasteiger partial charge in [-0.2, -0.15) is 0 Å². The number of benzene rings is 2. The lowest BCUT2D eigenvalue weighted by Gasteiger charge is -2.12. The van der Waals surface area contributed by atoms with Crippen LogP contribution in [0.1, 0.15) is 0 Å². The molecule has 8 heteroatoms. The van der Waals surface area contributed by atoms with Gasteiger partial charge in [-0.3, -0.25) is 0 Å². The van der Waals surface area contributed by atoms with Gasteiger partial charge in [-0.1, -0.05) is 17.7 Å². The average Bonchev–Trinajstić information content (AvgIpc) is 2.34. The molecule has 0 atom stereocenters. The maximum absolute atomic E-state index is 13.7. The van der Waals surface area contributed by atoms with Gasteiger partial charge in [-0.15, -0.1) is 0 Å². The molecule has 2 aromatic rings. The number of sulfonamides is 1. The largest absolute Gasteiger partial charge is 0.397 e. The number of halogens is 2. The summed E-state index contributed by atoms with van der Waals surface area (Å²) in [4.78, 5) is -0.137. The van der Waals surface area contributed by atoms with E-state index in [2.05, 4.69) is 5.32 Å². The number of hydrogen-bond donors (Lipinski definition) is 3. The Kier molecular flexibility index (Phi) is 3.85. The molecule has 0 unspecified atom stereocenters. The molecule has 5 nitrogen and oxygen atoms in total. The fourth-order valence-corrected chi connectivity index (χ4v) is 2.32. The first-order chi connectivity index (χ1) is 9.29. The third kappa shape index (κ3) is 3.01. The van der Waals surface area contributed by atoms with E-state index in [0.717, 1.165) is 0 Å². The second-order valence-electron chi connectivity index (χ2n) is 4.02. The summed E-state index contributed by atoms with van der Waals surface area (Å²) in [7, 11) is -3.88. The SMILES string of the molecule is Nc1ccc(S(N)(=O)=O)cc1Nc1c(F)cccc1Cl. The van der Waals surface area contributed by atoms with Crippen molar-refractivity contribution in [2.75, 3.05) is 11.1 Å². The van der Waals surface area contributed by atoms with E-state index < -0.39 is 15.8 Å². The molecule has 2 aromatic carbocycles. The van der Waals surface area contributed by atoms with Gasteiger partial charge in [-0.05, 0) is 30.3 Å². The van der Waals surface area contributed by atoms with Crippen LogP contribution in [0.4, 0.5) is 21.5 Å². The summed E-state index contributed by atoms with van der Waals surface area (Å²) in [5.74, 6) is -0.585. The molecule has 0 amide bonds. The van der Waals surface area contributed by atoms with E-state index in [1.165, 1.54) is 36.4 Å². The molecule has 0 heterocycles. The summed E-state index contributed by atoms with van der Waals surface area (Å²) in [5.41, 5.74) is 6.15. The van der Waals surface area contributed by atoms with E-state index in [1.54, 1.807) is 0 Å². The summed E-state index contributed by atoms with van der Waals surface area (Å²) in [6.07, 6.45) is 0. The first kappa shape index (κ1) is 14.6. The minimum absolute atomic E-state index is 0.00689. The predicted octanol–water partition coefficient (Wildman–Crippen LogP) is 2.45. The highest BCUT2D eigenvalue weighted by Gasteiger charge is 2.13. The lowest BCUT2D eigenvalue weighted by molar-refractivity contribution is 0.598. The van der Waals surface area contributed by atoms with Gasteiger partial charge < -0.3 is 11.1 Å². The first-order valence-electron chi connectivity index (χ1n) is 5.42. The summed E-state index contributed by atoms with van der Waals surface area (Å²) >= 11 is 5.88. The average molecular weight is 316 g/mol. The molecule has 20 heavy (non-hydrogen) atoms. The quantitative estimate of drug-likeness (QED) is 0.758. The summed E-state index contributed by atoms with van der Waals surface area (Å²) < 4.78 is 36.3. The lowest BCUT2D eigenvalue weighted by atomic mass is 10.2. The zero-order valence-electron chi connectivity index (χ0n) is 10.1. The molecular formula is C12H11ClFN3O2S. The van der Waals surface area contributed by atoms with Crippen molar-refractivity contribution in [2.45, 2.75) is 4.90 Å². The maximum Gasteiger partial charge on any atom is 0.238 e. The molecule has 0 saturated heterocycles. The van der Waals surface area contributed by atoms with Crippen LogP contribution in [-0.2, 0) is 10.0 Å². The Labute approximate surface area is 120 Å². The lowest BCUT2D eigenvalue weighted by Crippen LogP contribution is -2.12. The van der Waals surface area contributed by atoms with E-state index >= 15 is 0 Å². The number of nitrogen functional groups attached to an aromatic ring is 1. The molecule has 5 N–H and O–H groups in total. The molecule has 0 radical (unpaired) electrons. The van der Waals surface area contributed by atoms with Crippen molar-refractivity contribution in [2.24, 2.45) is 5.14 Å². The zero-order chi connectivity index (χ0) is 14.9. The van der Waals surface area contributed by atoms with Crippen LogP contribution in [0.2, 0.25) is 5.02 Å². The molecule has 0 saturated carbocycles. The number of rotatable bonds is 3. The Morgan fingerprint density at radius 2 is 1.90 bits per heavy atom.